The third-order valence-electron chi connectivity index (χ3n) is 2.74. The van der Waals surface area contributed by atoms with Crippen molar-refractivity contribution in [3.05, 3.63) is 29.8 Å². The van der Waals surface area contributed by atoms with E-state index in [1.807, 2.05) is 24.3 Å². The monoisotopic (exact) mass is 262 g/mol. The molecule has 5 nitrogen and oxygen atoms in total. The number of carbonyl (C=O) groups is 1. The minimum absolute atomic E-state index is 0.0452. The Balaban J connectivity index is 2.44. The van der Waals surface area contributed by atoms with Crippen LogP contribution in [-0.2, 0) is 11.2 Å². The second-order valence-electron chi connectivity index (χ2n) is 4.48. The molecule has 0 radical (unpaired) electrons. The number of aliphatic imine (C=N–C) groups is 1. The maximum atomic E-state index is 11.3. The Morgan fingerprint density at radius 2 is 1.95 bits per heavy atom. The summed E-state index contributed by atoms with van der Waals surface area (Å²) in [6.07, 6.45) is 1.38. The zero-order valence-electron chi connectivity index (χ0n) is 11.8. The van der Waals surface area contributed by atoms with E-state index in [1.54, 1.807) is 19.0 Å². The fourth-order valence-corrected chi connectivity index (χ4v) is 1.51. The molecule has 0 aliphatic heterocycles. The predicted octanol–water partition coefficient (Wildman–Crippen LogP) is 1.45. The molecule has 1 aromatic carbocycles. The van der Waals surface area contributed by atoms with Crippen LogP contribution in [0.2, 0.25) is 0 Å². The van der Waals surface area contributed by atoms with Gasteiger partial charge in [-0.2, -0.15) is 0 Å². The van der Waals surface area contributed by atoms with Crippen molar-refractivity contribution in [1.82, 2.24) is 4.90 Å². The number of carbonyl (C=O) groups excluding carboxylic acids is 1. The van der Waals surface area contributed by atoms with E-state index in [0.717, 1.165) is 12.1 Å². The van der Waals surface area contributed by atoms with Crippen LogP contribution >= 0.6 is 0 Å². The molecule has 104 valence electrons. The Labute approximate surface area is 114 Å². The van der Waals surface area contributed by atoms with Gasteiger partial charge < -0.3 is 16.0 Å². The first-order valence-corrected chi connectivity index (χ1v) is 6.39. The van der Waals surface area contributed by atoms with E-state index in [0.29, 0.717) is 18.9 Å². The third kappa shape index (κ3) is 5.42. The van der Waals surface area contributed by atoms with E-state index in [4.69, 9.17) is 5.73 Å². The molecule has 3 N–H and O–H groups in total. The van der Waals surface area contributed by atoms with Crippen molar-refractivity contribution in [2.75, 3.05) is 26.0 Å². The first-order valence-electron chi connectivity index (χ1n) is 6.39. The van der Waals surface area contributed by atoms with Crippen molar-refractivity contribution in [2.45, 2.75) is 19.8 Å². The molecule has 0 aliphatic rings. The van der Waals surface area contributed by atoms with Crippen molar-refractivity contribution in [1.29, 1.82) is 0 Å². The number of benzene rings is 1. The smallest absolute Gasteiger partial charge is 0.223 e. The molecule has 0 atom stereocenters. The van der Waals surface area contributed by atoms with E-state index in [2.05, 4.69) is 17.2 Å². The highest BCUT2D eigenvalue weighted by Crippen LogP contribution is 2.09. The Kier molecular flexibility index (Phi) is 5.85. The van der Waals surface area contributed by atoms with E-state index in [9.17, 15) is 4.79 Å². The van der Waals surface area contributed by atoms with Crippen LogP contribution in [0.25, 0.3) is 0 Å². The number of guanidine groups is 1. The van der Waals surface area contributed by atoms with E-state index >= 15 is 0 Å². The van der Waals surface area contributed by atoms with Gasteiger partial charge in [0.25, 0.3) is 0 Å². The molecule has 19 heavy (non-hydrogen) atoms. The van der Waals surface area contributed by atoms with E-state index in [-0.39, 0.29) is 5.91 Å². The summed E-state index contributed by atoms with van der Waals surface area (Å²) in [7, 11) is 3.45. The minimum atomic E-state index is 0.0452. The van der Waals surface area contributed by atoms with Crippen LogP contribution in [0.4, 0.5) is 5.69 Å². The summed E-state index contributed by atoms with van der Waals surface area (Å²) in [6, 6.07) is 8.02. The number of amides is 1. The lowest BCUT2D eigenvalue weighted by Crippen LogP contribution is -2.25. The average molecular weight is 262 g/mol. The number of rotatable bonds is 5. The molecule has 5 heteroatoms. The summed E-state index contributed by atoms with van der Waals surface area (Å²) in [5.41, 5.74) is 7.93. The number of nitrogens with one attached hydrogen (secondary N) is 1. The van der Waals surface area contributed by atoms with Crippen LogP contribution in [0.15, 0.2) is 29.3 Å². The Morgan fingerprint density at radius 1 is 1.32 bits per heavy atom. The lowest BCUT2D eigenvalue weighted by atomic mass is 10.1. The van der Waals surface area contributed by atoms with Crippen LogP contribution in [0.1, 0.15) is 18.9 Å². The van der Waals surface area contributed by atoms with Gasteiger partial charge in [-0.1, -0.05) is 19.1 Å². The molecule has 0 fully saturated rings. The highest BCUT2D eigenvalue weighted by molar-refractivity contribution is 5.92. The maximum absolute atomic E-state index is 11.3. The standard InChI is InChI=1S/C14H22N4O/c1-4-11-5-7-12(8-6-11)17-14(15)16-10-9-13(19)18(2)3/h5-8H,4,9-10H2,1-3H3,(H3,15,16,17). The highest BCUT2D eigenvalue weighted by Gasteiger charge is 2.02. The SMILES string of the molecule is CCc1ccc(NC(N)=NCCC(=O)N(C)C)cc1. The van der Waals surface area contributed by atoms with Gasteiger partial charge in [0.1, 0.15) is 0 Å². The van der Waals surface area contributed by atoms with E-state index in [1.165, 1.54) is 5.56 Å². The van der Waals surface area contributed by atoms with Crippen molar-refractivity contribution < 1.29 is 4.79 Å². The van der Waals surface area contributed by atoms with Crippen LogP contribution in [0.3, 0.4) is 0 Å². The zero-order valence-corrected chi connectivity index (χ0v) is 11.8. The van der Waals surface area contributed by atoms with Gasteiger partial charge in [0.15, 0.2) is 5.96 Å². The van der Waals surface area contributed by atoms with Gasteiger partial charge in [-0.3, -0.25) is 9.79 Å². The fraction of sp³-hybridized carbons (Fsp3) is 0.429. The molecular weight excluding hydrogens is 240 g/mol. The molecule has 0 aromatic heterocycles. The Morgan fingerprint density at radius 3 is 2.47 bits per heavy atom. The van der Waals surface area contributed by atoms with Crippen LogP contribution in [0, 0.1) is 0 Å². The molecule has 0 spiro atoms. The Bertz CT molecular complexity index is 437. The first kappa shape index (κ1) is 15.0. The van der Waals surface area contributed by atoms with Gasteiger partial charge in [0.05, 0.1) is 6.54 Å². The van der Waals surface area contributed by atoms with E-state index < -0.39 is 0 Å². The topological polar surface area (TPSA) is 70.7 Å². The summed E-state index contributed by atoms with van der Waals surface area (Å²) in [6.45, 7) is 2.50. The summed E-state index contributed by atoms with van der Waals surface area (Å²) < 4.78 is 0. The quantitative estimate of drug-likeness (QED) is 0.623. The maximum Gasteiger partial charge on any atom is 0.223 e. The number of aryl methyl sites for hydroxylation is 1. The molecule has 0 saturated carbocycles. The molecular formula is C14H22N4O. The van der Waals surface area contributed by atoms with Gasteiger partial charge >= 0.3 is 0 Å². The van der Waals surface area contributed by atoms with Crippen molar-refractivity contribution in [3.8, 4) is 0 Å². The van der Waals surface area contributed by atoms with Crippen LogP contribution < -0.4 is 11.1 Å². The predicted molar refractivity (Wildman–Crippen MR) is 79.2 cm³/mol. The fourth-order valence-electron chi connectivity index (χ4n) is 1.51. The van der Waals surface area contributed by atoms with Gasteiger partial charge in [0, 0.05) is 26.2 Å². The minimum Gasteiger partial charge on any atom is -0.370 e. The first-order chi connectivity index (χ1) is 9.02. The number of anilines is 1. The third-order valence-corrected chi connectivity index (χ3v) is 2.74. The molecule has 0 aliphatic carbocycles. The Hall–Kier alpha value is -2.04. The molecule has 1 amide bonds. The van der Waals surface area contributed by atoms with Crippen LogP contribution in [-0.4, -0.2) is 37.4 Å². The number of nitrogens with zero attached hydrogens (tertiary/aromatic N) is 2. The van der Waals surface area contributed by atoms with Gasteiger partial charge in [-0.25, -0.2) is 0 Å². The molecule has 0 saturated heterocycles. The average Bonchev–Trinajstić information content (AvgIpc) is 2.39. The molecule has 0 unspecified atom stereocenters. The van der Waals surface area contributed by atoms with Crippen LogP contribution in [0.5, 0.6) is 0 Å². The van der Waals surface area contributed by atoms with Gasteiger partial charge in [-0.05, 0) is 24.1 Å². The van der Waals surface area contributed by atoms with Gasteiger partial charge in [0.2, 0.25) is 5.91 Å². The summed E-state index contributed by atoms with van der Waals surface area (Å²) in [5, 5.41) is 3.00. The van der Waals surface area contributed by atoms with Gasteiger partial charge in [-0.15, -0.1) is 0 Å². The molecule has 1 rings (SSSR count). The molecule has 0 bridgehead atoms. The van der Waals surface area contributed by atoms with Crippen molar-refractivity contribution >= 4 is 17.6 Å². The molecule has 1 aromatic rings. The number of hydrogen-bond acceptors (Lipinski definition) is 2. The largest absolute Gasteiger partial charge is 0.370 e. The lowest BCUT2D eigenvalue weighted by molar-refractivity contribution is -0.128. The summed E-state index contributed by atoms with van der Waals surface area (Å²) >= 11 is 0. The summed E-state index contributed by atoms with van der Waals surface area (Å²) in [4.78, 5) is 17.0. The zero-order chi connectivity index (χ0) is 14.3. The van der Waals surface area contributed by atoms with Crippen molar-refractivity contribution in [2.24, 2.45) is 10.7 Å². The summed E-state index contributed by atoms with van der Waals surface area (Å²) in [5.74, 6) is 0.375. The second-order valence-corrected chi connectivity index (χ2v) is 4.48. The number of nitrogens with two attached hydrogens (primary N) is 1. The second kappa shape index (κ2) is 7.41. The molecule has 0 heterocycles. The number of hydrogen-bond donors (Lipinski definition) is 2. The normalized spacial score (nSPS) is 11.2. The lowest BCUT2D eigenvalue weighted by Gasteiger charge is -2.09. The van der Waals surface area contributed by atoms with Crippen molar-refractivity contribution in [3.63, 3.8) is 0 Å². The highest BCUT2D eigenvalue weighted by atomic mass is 16.2.